The first-order valence-electron chi connectivity index (χ1n) is 2.47. The first kappa shape index (κ1) is 7.70. The molecule has 0 aromatic heterocycles. The summed E-state index contributed by atoms with van der Waals surface area (Å²) in [7, 11) is 0. The summed E-state index contributed by atoms with van der Waals surface area (Å²) in [6.45, 7) is 4.23. The highest BCUT2D eigenvalue weighted by Gasteiger charge is 2.02. The van der Waals surface area contributed by atoms with E-state index >= 15 is 0 Å². The monoisotopic (exact) mass is 136 g/mol. The van der Waals surface area contributed by atoms with Gasteiger partial charge in [0, 0.05) is 5.25 Å². The molecule has 0 aliphatic rings. The van der Waals surface area contributed by atoms with Crippen molar-refractivity contribution in [3.63, 3.8) is 0 Å². The Kier molecular flexibility index (Phi) is 4.04. The summed E-state index contributed by atoms with van der Waals surface area (Å²) in [5, 5.41) is 0.484. The molecule has 0 rings (SSSR count). The maximum Gasteiger partial charge on any atom is 0.00218 e. The lowest BCUT2D eigenvalue weighted by Gasteiger charge is -2.09. The molecule has 0 saturated carbocycles. The fourth-order valence-corrected chi connectivity index (χ4v) is 0.740. The number of hydrogen-bond donors (Lipinski definition) is 2. The van der Waals surface area contributed by atoms with Gasteiger partial charge in [0.05, 0.1) is 0 Å². The Morgan fingerprint density at radius 2 is 1.86 bits per heavy atom. The second-order valence-corrected chi connectivity index (χ2v) is 3.08. The van der Waals surface area contributed by atoms with Crippen LogP contribution in [0.4, 0.5) is 0 Å². The van der Waals surface area contributed by atoms with Crippen molar-refractivity contribution in [2.75, 3.05) is 5.75 Å². The van der Waals surface area contributed by atoms with Gasteiger partial charge in [0.1, 0.15) is 0 Å². The molecule has 2 unspecified atom stereocenters. The van der Waals surface area contributed by atoms with E-state index in [1.54, 1.807) is 0 Å². The normalized spacial score (nSPS) is 18.9. The molecule has 0 fully saturated rings. The largest absolute Gasteiger partial charge is 0.179 e. The molecular weight excluding hydrogens is 124 g/mol. The van der Waals surface area contributed by atoms with E-state index in [9.17, 15) is 0 Å². The zero-order chi connectivity index (χ0) is 5.86. The van der Waals surface area contributed by atoms with Gasteiger partial charge in [0.25, 0.3) is 0 Å². The highest BCUT2D eigenvalue weighted by molar-refractivity contribution is 7.81. The van der Waals surface area contributed by atoms with Crippen LogP contribution in [0.5, 0.6) is 0 Å². The van der Waals surface area contributed by atoms with Crippen LogP contribution in [0.25, 0.3) is 0 Å². The quantitative estimate of drug-likeness (QED) is 0.532. The Labute approximate surface area is 56.5 Å². The number of thiol groups is 2. The summed E-state index contributed by atoms with van der Waals surface area (Å²) in [6, 6.07) is 0. The maximum atomic E-state index is 4.22. The number of hydrogen-bond acceptors (Lipinski definition) is 2. The molecule has 7 heavy (non-hydrogen) atoms. The maximum absolute atomic E-state index is 4.22. The van der Waals surface area contributed by atoms with Crippen LogP contribution in [-0.4, -0.2) is 11.0 Å². The van der Waals surface area contributed by atoms with E-state index in [0.717, 1.165) is 5.75 Å². The van der Waals surface area contributed by atoms with E-state index in [2.05, 4.69) is 39.1 Å². The van der Waals surface area contributed by atoms with Gasteiger partial charge >= 0.3 is 0 Å². The predicted molar refractivity (Wildman–Crippen MR) is 41.5 cm³/mol. The Morgan fingerprint density at radius 1 is 1.43 bits per heavy atom. The molecule has 0 aliphatic carbocycles. The molecule has 2 atom stereocenters. The molecule has 0 nitrogen and oxygen atoms in total. The van der Waals surface area contributed by atoms with Gasteiger partial charge in [-0.3, -0.25) is 0 Å². The van der Waals surface area contributed by atoms with E-state index < -0.39 is 0 Å². The zero-order valence-electron chi connectivity index (χ0n) is 4.76. The Balaban J connectivity index is 3.14. The molecule has 2 heteroatoms. The topological polar surface area (TPSA) is 0 Å². The first-order valence-corrected chi connectivity index (χ1v) is 3.62. The van der Waals surface area contributed by atoms with Gasteiger partial charge in [-0.2, -0.15) is 25.3 Å². The summed E-state index contributed by atoms with van der Waals surface area (Å²) in [5.74, 6) is 1.57. The Hall–Kier alpha value is 0.700. The fourth-order valence-electron chi connectivity index (χ4n) is 0.153. The van der Waals surface area contributed by atoms with Crippen molar-refractivity contribution in [1.29, 1.82) is 0 Å². The molecular formula is C5H12S2. The van der Waals surface area contributed by atoms with Crippen LogP contribution in [0, 0.1) is 5.92 Å². The molecule has 0 bridgehead atoms. The minimum atomic E-state index is 0.484. The third-order valence-electron chi connectivity index (χ3n) is 1.11. The molecule has 0 saturated heterocycles. The van der Waals surface area contributed by atoms with Crippen LogP contribution >= 0.6 is 25.3 Å². The molecule has 0 amide bonds. The lowest BCUT2D eigenvalue weighted by Crippen LogP contribution is -2.07. The molecule has 0 aromatic carbocycles. The molecule has 44 valence electrons. The second-order valence-electron chi connectivity index (χ2n) is 1.90. The van der Waals surface area contributed by atoms with Gasteiger partial charge < -0.3 is 0 Å². The van der Waals surface area contributed by atoms with Crippen LogP contribution < -0.4 is 0 Å². The number of rotatable bonds is 2. The minimum absolute atomic E-state index is 0.484. The van der Waals surface area contributed by atoms with E-state index in [-0.39, 0.29) is 0 Å². The Bertz CT molecular complexity index is 43.3. The highest BCUT2D eigenvalue weighted by Crippen LogP contribution is 2.08. The van der Waals surface area contributed by atoms with Crippen molar-refractivity contribution >= 4 is 25.3 Å². The van der Waals surface area contributed by atoms with Gasteiger partial charge in [0.15, 0.2) is 0 Å². The van der Waals surface area contributed by atoms with Crippen molar-refractivity contribution in [3.8, 4) is 0 Å². The van der Waals surface area contributed by atoms with Crippen molar-refractivity contribution < 1.29 is 0 Å². The van der Waals surface area contributed by atoms with E-state index in [1.165, 1.54) is 0 Å². The highest BCUT2D eigenvalue weighted by atomic mass is 32.1. The van der Waals surface area contributed by atoms with E-state index in [0.29, 0.717) is 11.2 Å². The summed E-state index contributed by atoms with van der Waals surface area (Å²) in [6.07, 6.45) is 0. The average molecular weight is 136 g/mol. The standard InChI is InChI=1S/C5H12S2/c1-4(3-6)5(2)7/h4-7H,3H2,1-2H3. The van der Waals surface area contributed by atoms with Crippen LogP contribution in [0.15, 0.2) is 0 Å². The average Bonchev–Trinajstić information content (AvgIpc) is 1.65. The SMILES string of the molecule is CC(S)C(C)CS. The Morgan fingerprint density at radius 3 is 1.86 bits per heavy atom. The van der Waals surface area contributed by atoms with Gasteiger partial charge in [-0.05, 0) is 11.7 Å². The molecule has 0 radical (unpaired) electrons. The molecule has 0 N–H and O–H groups in total. The minimum Gasteiger partial charge on any atom is -0.179 e. The van der Waals surface area contributed by atoms with Crippen molar-refractivity contribution in [2.45, 2.75) is 19.1 Å². The molecule has 0 spiro atoms. The van der Waals surface area contributed by atoms with E-state index in [4.69, 9.17) is 0 Å². The second kappa shape index (κ2) is 3.67. The summed E-state index contributed by atoms with van der Waals surface area (Å²) in [4.78, 5) is 0. The van der Waals surface area contributed by atoms with Crippen molar-refractivity contribution in [3.05, 3.63) is 0 Å². The fraction of sp³-hybridized carbons (Fsp3) is 1.00. The van der Waals surface area contributed by atoms with Crippen LogP contribution in [0.1, 0.15) is 13.8 Å². The third-order valence-corrected chi connectivity index (χ3v) is 2.20. The van der Waals surface area contributed by atoms with Gasteiger partial charge in [-0.25, -0.2) is 0 Å². The van der Waals surface area contributed by atoms with Gasteiger partial charge in [0.2, 0.25) is 0 Å². The van der Waals surface area contributed by atoms with Crippen LogP contribution in [-0.2, 0) is 0 Å². The van der Waals surface area contributed by atoms with Crippen molar-refractivity contribution in [2.24, 2.45) is 5.92 Å². The molecule has 0 aliphatic heterocycles. The third kappa shape index (κ3) is 3.30. The molecule has 0 aromatic rings. The smallest absolute Gasteiger partial charge is 0.00218 e. The zero-order valence-corrected chi connectivity index (χ0v) is 6.55. The van der Waals surface area contributed by atoms with Crippen LogP contribution in [0.2, 0.25) is 0 Å². The predicted octanol–water partition coefficient (Wildman–Crippen LogP) is 1.87. The van der Waals surface area contributed by atoms with Gasteiger partial charge in [-0.15, -0.1) is 0 Å². The summed E-state index contributed by atoms with van der Waals surface area (Å²) < 4.78 is 0. The van der Waals surface area contributed by atoms with E-state index in [1.807, 2.05) is 0 Å². The first-order chi connectivity index (χ1) is 3.18. The van der Waals surface area contributed by atoms with Gasteiger partial charge in [-0.1, -0.05) is 13.8 Å². The van der Waals surface area contributed by atoms with Crippen molar-refractivity contribution in [1.82, 2.24) is 0 Å². The molecule has 0 heterocycles. The summed E-state index contributed by atoms with van der Waals surface area (Å²) >= 11 is 8.33. The summed E-state index contributed by atoms with van der Waals surface area (Å²) in [5.41, 5.74) is 0. The van der Waals surface area contributed by atoms with Crippen LogP contribution in [0.3, 0.4) is 0 Å². The lowest BCUT2D eigenvalue weighted by molar-refractivity contribution is 0.659. The lowest BCUT2D eigenvalue weighted by atomic mass is 10.1.